The standard InChI is InChI=1S/C18H29N3O5/c1-11-6-17(3,4)10-18(7-11)15(25)21(16(26)19-18)9-13(22)20(5)8-12(2)14(23)24/h11-12H,6-10H2,1-5H3,(H,19,26)(H,23,24). The van der Waals surface area contributed by atoms with E-state index in [1.54, 1.807) is 0 Å². The van der Waals surface area contributed by atoms with Crippen molar-refractivity contribution in [3.63, 3.8) is 0 Å². The molecule has 3 unspecified atom stereocenters. The van der Waals surface area contributed by atoms with Crippen LogP contribution >= 0.6 is 0 Å². The Kier molecular flexibility index (Phi) is 5.35. The topological polar surface area (TPSA) is 107 Å². The molecule has 1 aliphatic carbocycles. The third-order valence-electron chi connectivity index (χ3n) is 5.31. The highest BCUT2D eigenvalue weighted by Crippen LogP contribution is 2.46. The van der Waals surface area contributed by atoms with Crippen molar-refractivity contribution in [1.29, 1.82) is 0 Å². The van der Waals surface area contributed by atoms with Crippen molar-refractivity contribution in [2.45, 2.75) is 52.5 Å². The van der Waals surface area contributed by atoms with E-state index < -0.39 is 29.4 Å². The maximum atomic E-state index is 13.0. The average Bonchev–Trinajstić information content (AvgIpc) is 2.68. The lowest BCUT2D eigenvalue weighted by molar-refractivity contribution is -0.144. The number of carboxylic acid groups (broad SMARTS) is 1. The number of carbonyl (C=O) groups excluding carboxylic acids is 3. The van der Waals surface area contributed by atoms with E-state index in [2.05, 4.69) is 26.1 Å². The Morgan fingerprint density at radius 1 is 1.35 bits per heavy atom. The summed E-state index contributed by atoms with van der Waals surface area (Å²) in [7, 11) is 1.47. The zero-order valence-electron chi connectivity index (χ0n) is 16.2. The summed E-state index contributed by atoms with van der Waals surface area (Å²) >= 11 is 0. The lowest BCUT2D eigenvalue weighted by atomic mass is 9.64. The van der Waals surface area contributed by atoms with E-state index in [0.29, 0.717) is 12.8 Å². The number of imide groups is 1. The molecule has 2 N–H and O–H groups in total. The smallest absolute Gasteiger partial charge is 0.325 e. The van der Waals surface area contributed by atoms with Crippen LogP contribution in [0.2, 0.25) is 0 Å². The number of urea groups is 1. The lowest BCUT2D eigenvalue weighted by Crippen LogP contribution is -2.54. The van der Waals surface area contributed by atoms with Crippen molar-refractivity contribution in [2.75, 3.05) is 20.1 Å². The number of hydrogen-bond donors (Lipinski definition) is 2. The van der Waals surface area contributed by atoms with Gasteiger partial charge in [0.2, 0.25) is 5.91 Å². The minimum absolute atomic E-state index is 0.0209. The van der Waals surface area contributed by atoms with Crippen molar-refractivity contribution < 1.29 is 24.3 Å². The summed E-state index contributed by atoms with van der Waals surface area (Å²) in [4.78, 5) is 50.9. The quantitative estimate of drug-likeness (QED) is 0.712. The number of carboxylic acids is 1. The van der Waals surface area contributed by atoms with Gasteiger partial charge in [0.25, 0.3) is 5.91 Å². The predicted molar refractivity (Wildman–Crippen MR) is 94.2 cm³/mol. The molecule has 1 aliphatic heterocycles. The number of nitrogens with one attached hydrogen (secondary N) is 1. The number of likely N-dealkylation sites (N-methyl/N-ethyl adjacent to an activating group) is 1. The van der Waals surface area contributed by atoms with Gasteiger partial charge in [-0.3, -0.25) is 19.3 Å². The van der Waals surface area contributed by atoms with Crippen LogP contribution in [0.1, 0.15) is 47.0 Å². The second kappa shape index (κ2) is 6.89. The Balaban J connectivity index is 2.09. The SMILES string of the molecule is CC1CC(C)(C)CC2(C1)NC(=O)N(CC(=O)N(C)CC(C)C(=O)O)C2=O. The number of carbonyl (C=O) groups is 4. The summed E-state index contributed by atoms with van der Waals surface area (Å²) in [5.41, 5.74) is -1.01. The molecule has 1 spiro atoms. The molecule has 0 bridgehead atoms. The fourth-order valence-electron chi connectivity index (χ4n) is 4.50. The number of hydrogen-bond acceptors (Lipinski definition) is 4. The number of nitrogens with zero attached hydrogens (tertiary/aromatic N) is 2. The second-order valence-electron chi connectivity index (χ2n) is 8.77. The van der Waals surface area contributed by atoms with E-state index in [-0.39, 0.29) is 30.3 Å². The molecule has 1 heterocycles. The zero-order chi connectivity index (χ0) is 19.9. The maximum absolute atomic E-state index is 13.0. The van der Waals surface area contributed by atoms with Crippen LogP contribution in [-0.4, -0.2) is 64.4 Å². The second-order valence-corrected chi connectivity index (χ2v) is 8.77. The monoisotopic (exact) mass is 367 g/mol. The Labute approximate surface area is 153 Å². The Morgan fingerprint density at radius 2 is 1.96 bits per heavy atom. The molecule has 0 aromatic carbocycles. The Hall–Kier alpha value is -2.12. The van der Waals surface area contributed by atoms with Gasteiger partial charge in [0.05, 0.1) is 5.92 Å². The van der Waals surface area contributed by atoms with Gasteiger partial charge in [-0.15, -0.1) is 0 Å². The summed E-state index contributed by atoms with van der Waals surface area (Å²) in [6.07, 6.45) is 2.09. The van der Waals surface area contributed by atoms with Crippen molar-refractivity contribution in [1.82, 2.24) is 15.1 Å². The maximum Gasteiger partial charge on any atom is 0.325 e. The van der Waals surface area contributed by atoms with Gasteiger partial charge in [0.1, 0.15) is 12.1 Å². The first-order chi connectivity index (χ1) is 11.9. The predicted octanol–water partition coefficient (Wildman–Crippen LogP) is 1.30. The van der Waals surface area contributed by atoms with Gasteiger partial charge in [0.15, 0.2) is 0 Å². The molecule has 3 atom stereocenters. The van der Waals surface area contributed by atoms with Gasteiger partial charge in [-0.25, -0.2) is 4.79 Å². The first-order valence-electron chi connectivity index (χ1n) is 8.98. The van der Waals surface area contributed by atoms with Crippen molar-refractivity contribution in [3.8, 4) is 0 Å². The van der Waals surface area contributed by atoms with Gasteiger partial charge in [0, 0.05) is 13.6 Å². The number of rotatable bonds is 5. The molecule has 2 aliphatic rings. The molecule has 0 radical (unpaired) electrons. The molecule has 8 heteroatoms. The molecule has 26 heavy (non-hydrogen) atoms. The summed E-state index contributed by atoms with van der Waals surface area (Å²) in [6.45, 7) is 7.38. The number of aliphatic carboxylic acids is 1. The summed E-state index contributed by atoms with van der Waals surface area (Å²) in [5, 5.41) is 11.8. The van der Waals surface area contributed by atoms with E-state index in [1.807, 2.05) is 0 Å². The van der Waals surface area contributed by atoms with E-state index in [9.17, 15) is 19.2 Å². The van der Waals surface area contributed by atoms with Crippen LogP contribution < -0.4 is 5.32 Å². The van der Waals surface area contributed by atoms with E-state index >= 15 is 0 Å². The molecule has 0 aromatic heterocycles. The van der Waals surface area contributed by atoms with Crippen molar-refractivity contribution in [2.24, 2.45) is 17.3 Å². The molecule has 2 fully saturated rings. The van der Waals surface area contributed by atoms with Crippen LogP contribution in [0.5, 0.6) is 0 Å². The van der Waals surface area contributed by atoms with Crippen molar-refractivity contribution in [3.05, 3.63) is 0 Å². The summed E-state index contributed by atoms with van der Waals surface area (Å²) in [5.74, 6) is -2.25. The highest BCUT2D eigenvalue weighted by molar-refractivity contribution is 6.09. The zero-order valence-corrected chi connectivity index (χ0v) is 16.2. The van der Waals surface area contributed by atoms with E-state index in [4.69, 9.17) is 5.11 Å². The first-order valence-corrected chi connectivity index (χ1v) is 8.98. The average molecular weight is 367 g/mol. The third-order valence-corrected chi connectivity index (χ3v) is 5.31. The molecule has 2 rings (SSSR count). The highest BCUT2D eigenvalue weighted by atomic mass is 16.4. The van der Waals surface area contributed by atoms with Gasteiger partial charge in [-0.2, -0.15) is 0 Å². The number of amides is 4. The minimum Gasteiger partial charge on any atom is -0.481 e. The molecule has 4 amide bonds. The van der Waals surface area contributed by atoms with Gasteiger partial charge < -0.3 is 15.3 Å². The van der Waals surface area contributed by atoms with Gasteiger partial charge in [-0.1, -0.05) is 27.7 Å². The first kappa shape index (κ1) is 20.2. The molecule has 0 aromatic rings. The Bertz CT molecular complexity index is 632. The lowest BCUT2D eigenvalue weighted by Gasteiger charge is -2.43. The molecular weight excluding hydrogens is 338 g/mol. The molecule has 8 nitrogen and oxygen atoms in total. The van der Waals surface area contributed by atoms with Gasteiger partial charge >= 0.3 is 12.0 Å². The molecule has 146 valence electrons. The minimum atomic E-state index is -1.00. The van der Waals surface area contributed by atoms with Crippen LogP contribution in [-0.2, 0) is 14.4 Å². The third kappa shape index (κ3) is 3.99. The van der Waals surface area contributed by atoms with Crippen LogP contribution in [0.25, 0.3) is 0 Å². The van der Waals surface area contributed by atoms with E-state index in [0.717, 1.165) is 11.3 Å². The normalized spacial score (nSPS) is 28.8. The van der Waals surface area contributed by atoms with Gasteiger partial charge in [-0.05, 0) is 30.6 Å². The van der Waals surface area contributed by atoms with Crippen molar-refractivity contribution >= 4 is 23.8 Å². The van der Waals surface area contributed by atoms with Crippen LogP contribution in [0.3, 0.4) is 0 Å². The van der Waals surface area contributed by atoms with Crippen LogP contribution in [0.15, 0.2) is 0 Å². The summed E-state index contributed by atoms with van der Waals surface area (Å²) < 4.78 is 0. The Morgan fingerprint density at radius 3 is 2.50 bits per heavy atom. The fraction of sp³-hybridized carbons (Fsp3) is 0.778. The van der Waals surface area contributed by atoms with Crippen LogP contribution in [0, 0.1) is 17.3 Å². The molecular formula is C18H29N3O5. The largest absolute Gasteiger partial charge is 0.481 e. The van der Waals surface area contributed by atoms with Crippen LogP contribution in [0.4, 0.5) is 4.79 Å². The fourth-order valence-corrected chi connectivity index (χ4v) is 4.50. The van der Waals surface area contributed by atoms with E-state index in [1.165, 1.54) is 18.9 Å². The summed E-state index contributed by atoms with van der Waals surface area (Å²) in [6, 6.07) is -0.548. The molecule has 1 saturated carbocycles. The highest BCUT2D eigenvalue weighted by Gasteiger charge is 2.56. The molecule has 1 saturated heterocycles.